The van der Waals surface area contributed by atoms with Crippen molar-refractivity contribution in [3.8, 4) is 0 Å². The van der Waals surface area contributed by atoms with Crippen molar-refractivity contribution in [1.82, 2.24) is 19.9 Å². The van der Waals surface area contributed by atoms with Crippen LogP contribution in [-0.2, 0) is 12.0 Å². The number of nitrogens with one attached hydrogen (secondary N) is 1. The zero-order valence-electron chi connectivity index (χ0n) is 15.8. The zero-order chi connectivity index (χ0) is 18.7. The summed E-state index contributed by atoms with van der Waals surface area (Å²) in [4.78, 5) is 17.6. The number of pyridine rings is 1. The van der Waals surface area contributed by atoms with Crippen LogP contribution in [0.2, 0.25) is 0 Å². The summed E-state index contributed by atoms with van der Waals surface area (Å²) in [5.41, 5.74) is 4.94. The van der Waals surface area contributed by atoms with Gasteiger partial charge >= 0.3 is 0 Å². The number of hydrogen-bond donors (Lipinski definition) is 1. The molecule has 0 amide bonds. The van der Waals surface area contributed by atoms with Gasteiger partial charge in [-0.25, -0.2) is 9.97 Å². The van der Waals surface area contributed by atoms with Crippen LogP contribution in [0.4, 0.5) is 5.82 Å². The average Bonchev–Trinajstić information content (AvgIpc) is 3.00. The topological polar surface area (TPSA) is 66.3 Å². The summed E-state index contributed by atoms with van der Waals surface area (Å²) in [7, 11) is 4.05. The average molecular weight is 369 g/mol. The summed E-state index contributed by atoms with van der Waals surface area (Å²) in [5, 5.41) is 5.31. The van der Waals surface area contributed by atoms with E-state index in [0.29, 0.717) is 5.82 Å². The van der Waals surface area contributed by atoms with E-state index >= 15 is 0 Å². The van der Waals surface area contributed by atoms with E-state index in [9.17, 15) is 0 Å². The van der Waals surface area contributed by atoms with Crippen molar-refractivity contribution in [3.05, 3.63) is 46.9 Å². The molecule has 0 saturated carbocycles. The van der Waals surface area contributed by atoms with Crippen LogP contribution in [0.15, 0.2) is 35.7 Å². The van der Waals surface area contributed by atoms with Gasteiger partial charge in [0.1, 0.15) is 11.2 Å². The quantitative estimate of drug-likeness (QED) is 0.547. The number of hydrogen-bond acceptors (Lipinski definition) is 7. The van der Waals surface area contributed by atoms with E-state index in [2.05, 4.69) is 57.2 Å². The molecule has 3 heterocycles. The van der Waals surface area contributed by atoms with Gasteiger partial charge in [-0.2, -0.15) is 5.10 Å². The van der Waals surface area contributed by atoms with Gasteiger partial charge in [0.25, 0.3) is 0 Å². The lowest BCUT2D eigenvalue weighted by Gasteiger charge is -2.14. The Morgan fingerprint density at radius 1 is 1.23 bits per heavy atom. The van der Waals surface area contributed by atoms with Crippen LogP contribution in [0.1, 0.15) is 37.0 Å². The molecule has 6 nitrogen and oxygen atoms in total. The second-order valence-electron chi connectivity index (χ2n) is 7.46. The van der Waals surface area contributed by atoms with E-state index in [1.54, 1.807) is 23.9 Å². The molecule has 0 atom stereocenters. The predicted molar refractivity (Wildman–Crippen MR) is 109 cm³/mol. The number of nitrogens with zero attached hydrogens (tertiary/aromatic N) is 5. The normalized spacial score (nSPS) is 12.4. The van der Waals surface area contributed by atoms with E-state index in [0.717, 1.165) is 28.1 Å². The molecule has 7 heteroatoms. The first kappa shape index (κ1) is 18.4. The van der Waals surface area contributed by atoms with Crippen molar-refractivity contribution < 1.29 is 0 Å². The van der Waals surface area contributed by atoms with Gasteiger partial charge in [0.15, 0.2) is 5.82 Å². The highest BCUT2D eigenvalue weighted by Crippen LogP contribution is 2.35. The molecule has 0 fully saturated rings. The lowest BCUT2D eigenvalue weighted by molar-refractivity contribution is 0.397. The molecule has 0 spiro atoms. The summed E-state index contributed by atoms with van der Waals surface area (Å²) < 4.78 is 0. The number of hydrazone groups is 1. The Morgan fingerprint density at radius 2 is 2.04 bits per heavy atom. The maximum atomic E-state index is 4.58. The molecule has 26 heavy (non-hydrogen) atoms. The van der Waals surface area contributed by atoms with Crippen LogP contribution in [0.25, 0.3) is 10.2 Å². The molecule has 0 aliphatic carbocycles. The van der Waals surface area contributed by atoms with Gasteiger partial charge in [0.2, 0.25) is 0 Å². The molecular weight excluding hydrogens is 344 g/mol. The number of thiophene rings is 1. The smallest absolute Gasteiger partial charge is 0.158 e. The van der Waals surface area contributed by atoms with Crippen LogP contribution >= 0.6 is 11.3 Å². The van der Waals surface area contributed by atoms with Crippen LogP contribution in [0.5, 0.6) is 0 Å². The largest absolute Gasteiger partial charge is 0.304 e. The van der Waals surface area contributed by atoms with Gasteiger partial charge < -0.3 is 4.90 Å². The van der Waals surface area contributed by atoms with Gasteiger partial charge in [-0.15, -0.1) is 11.3 Å². The third kappa shape index (κ3) is 4.42. The van der Waals surface area contributed by atoms with Crippen LogP contribution in [-0.4, -0.2) is 40.2 Å². The standard InChI is InChI=1S/C19H24N6S/c1-19(2,3)16-9-15-17(20-12-21-18(15)26-16)24-22-10-13-7-6-8-14(23-13)11-25(4)5/h6-10,12H,11H2,1-5H3,(H,20,21,24)/b22-10-. The second kappa shape index (κ2) is 7.47. The molecule has 0 saturated heterocycles. The maximum Gasteiger partial charge on any atom is 0.158 e. The Morgan fingerprint density at radius 3 is 2.77 bits per heavy atom. The molecule has 136 valence electrons. The minimum atomic E-state index is 0.0860. The Labute approximate surface area is 158 Å². The van der Waals surface area contributed by atoms with Gasteiger partial charge in [-0.3, -0.25) is 10.4 Å². The Bertz CT molecular complexity index is 923. The molecule has 0 radical (unpaired) electrons. The van der Waals surface area contributed by atoms with Crippen LogP contribution in [0.3, 0.4) is 0 Å². The number of aromatic nitrogens is 3. The number of fused-ring (bicyclic) bond motifs is 1. The molecule has 0 aliphatic rings. The highest BCUT2D eigenvalue weighted by molar-refractivity contribution is 7.18. The van der Waals surface area contributed by atoms with E-state index in [1.807, 2.05) is 32.3 Å². The van der Waals surface area contributed by atoms with E-state index in [1.165, 1.54) is 4.88 Å². The first-order valence-corrected chi connectivity index (χ1v) is 9.29. The zero-order valence-corrected chi connectivity index (χ0v) is 16.6. The first-order chi connectivity index (χ1) is 12.3. The summed E-state index contributed by atoms with van der Waals surface area (Å²) in [6.45, 7) is 7.39. The van der Waals surface area contributed by atoms with E-state index < -0.39 is 0 Å². The molecule has 3 aromatic rings. The molecule has 0 aromatic carbocycles. The molecule has 3 aromatic heterocycles. The van der Waals surface area contributed by atoms with Crippen molar-refractivity contribution in [3.63, 3.8) is 0 Å². The number of rotatable bonds is 5. The second-order valence-corrected chi connectivity index (χ2v) is 8.49. The highest BCUT2D eigenvalue weighted by atomic mass is 32.1. The predicted octanol–water partition coefficient (Wildman–Crippen LogP) is 3.89. The lowest BCUT2D eigenvalue weighted by Crippen LogP contribution is -2.12. The van der Waals surface area contributed by atoms with Crippen LogP contribution < -0.4 is 5.43 Å². The SMILES string of the molecule is CN(C)Cc1cccc(/C=N\Nc2ncnc3sc(C(C)(C)C)cc23)n1. The molecule has 0 unspecified atom stereocenters. The van der Waals surface area contributed by atoms with Gasteiger partial charge in [0, 0.05) is 11.4 Å². The van der Waals surface area contributed by atoms with Gasteiger partial charge in [-0.05, 0) is 37.7 Å². The van der Waals surface area contributed by atoms with E-state index in [-0.39, 0.29) is 5.41 Å². The molecule has 3 rings (SSSR count). The Balaban J connectivity index is 1.79. The summed E-state index contributed by atoms with van der Waals surface area (Å²) in [6.07, 6.45) is 3.28. The molecule has 0 aliphatic heterocycles. The first-order valence-electron chi connectivity index (χ1n) is 8.48. The van der Waals surface area contributed by atoms with Gasteiger partial charge in [0.05, 0.1) is 23.0 Å². The number of anilines is 1. The fraction of sp³-hybridized carbons (Fsp3) is 0.368. The minimum absolute atomic E-state index is 0.0860. The third-order valence-electron chi connectivity index (χ3n) is 3.74. The van der Waals surface area contributed by atoms with Crippen molar-refractivity contribution in [2.75, 3.05) is 19.5 Å². The fourth-order valence-electron chi connectivity index (χ4n) is 2.46. The maximum absolute atomic E-state index is 4.58. The minimum Gasteiger partial charge on any atom is -0.304 e. The van der Waals surface area contributed by atoms with Crippen molar-refractivity contribution in [2.45, 2.75) is 32.7 Å². The fourth-order valence-corrected chi connectivity index (χ4v) is 3.51. The summed E-state index contributed by atoms with van der Waals surface area (Å²) in [6, 6.07) is 8.08. The molecular formula is C19H24N6S. The van der Waals surface area contributed by atoms with Gasteiger partial charge in [-0.1, -0.05) is 26.8 Å². The lowest BCUT2D eigenvalue weighted by atomic mass is 9.94. The molecule has 1 N–H and O–H groups in total. The van der Waals surface area contributed by atoms with Crippen molar-refractivity contribution in [2.24, 2.45) is 5.10 Å². The van der Waals surface area contributed by atoms with E-state index in [4.69, 9.17) is 0 Å². The summed E-state index contributed by atoms with van der Waals surface area (Å²) >= 11 is 1.70. The highest BCUT2D eigenvalue weighted by Gasteiger charge is 2.18. The van der Waals surface area contributed by atoms with Crippen LogP contribution in [0, 0.1) is 0 Å². The summed E-state index contributed by atoms with van der Waals surface area (Å²) in [5.74, 6) is 0.711. The third-order valence-corrected chi connectivity index (χ3v) is 5.21. The Hall–Kier alpha value is -2.38. The monoisotopic (exact) mass is 368 g/mol. The van der Waals surface area contributed by atoms with Crippen molar-refractivity contribution in [1.29, 1.82) is 0 Å². The van der Waals surface area contributed by atoms with Crippen molar-refractivity contribution >= 4 is 33.6 Å². The molecule has 0 bridgehead atoms. The Kier molecular flexibility index (Phi) is 5.29.